The van der Waals surface area contributed by atoms with E-state index in [-0.39, 0.29) is 0 Å². The summed E-state index contributed by atoms with van der Waals surface area (Å²) in [4.78, 5) is 0. The second-order valence-corrected chi connectivity index (χ2v) is 10.1. The van der Waals surface area contributed by atoms with Crippen LogP contribution in [-0.4, -0.2) is 0 Å². The Hall–Kier alpha value is -2.60. The zero-order valence-electron chi connectivity index (χ0n) is 21.5. The van der Waals surface area contributed by atoms with Crippen LogP contribution in [0.25, 0.3) is 6.08 Å². The molecule has 33 heavy (non-hydrogen) atoms. The fraction of sp³-hybridized carbons (Fsp3) is 0.394. The van der Waals surface area contributed by atoms with Gasteiger partial charge in [0.2, 0.25) is 0 Å². The minimum absolute atomic E-state index is 0.394. The lowest BCUT2D eigenvalue weighted by Crippen LogP contribution is -2.24. The molecular formula is C33H40. The first-order valence-corrected chi connectivity index (χ1v) is 12.9. The molecule has 4 rings (SSSR count). The Morgan fingerprint density at radius 2 is 1.73 bits per heavy atom. The van der Waals surface area contributed by atoms with Crippen LogP contribution in [0.5, 0.6) is 0 Å². The lowest BCUT2D eigenvalue weighted by atomic mass is 9.67. The summed E-state index contributed by atoms with van der Waals surface area (Å²) in [6, 6.07) is 16.1. The van der Waals surface area contributed by atoms with Gasteiger partial charge in [0.25, 0.3) is 0 Å². The van der Waals surface area contributed by atoms with Gasteiger partial charge in [0.05, 0.1) is 0 Å². The molecule has 0 amide bonds. The summed E-state index contributed by atoms with van der Waals surface area (Å²) in [7, 11) is 0. The van der Waals surface area contributed by atoms with Gasteiger partial charge in [-0.25, -0.2) is 0 Å². The second kappa shape index (κ2) is 9.72. The van der Waals surface area contributed by atoms with Crippen LogP contribution in [-0.2, 0) is 19.3 Å². The zero-order chi connectivity index (χ0) is 23.7. The van der Waals surface area contributed by atoms with Crippen molar-refractivity contribution in [2.24, 2.45) is 11.8 Å². The summed E-state index contributed by atoms with van der Waals surface area (Å²) in [6.45, 7) is 18.2. The molecule has 2 aromatic carbocycles. The largest absolute Gasteiger partial charge is 0.0958 e. The molecule has 0 heterocycles. The molecule has 0 radical (unpaired) electrons. The summed E-state index contributed by atoms with van der Waals surface area (Å²) < 4.78 is 0. The summed E-state index contributed by atoms with van der Waals surface area (Å²) >= 11 is 0. The molecule has 172 valence electrons. The van der Waals surface area contributed by atoms with Gasteiger partial charge < -0.3 is 0 Å². The molecule has 2 aromatic rings. The molecule has 3 atom stereocenters. The van der Waals surface area contributed by atoms with E-state index in [2.05, 4.69) is 103 Å². The number of hydrogen-bond donors (Lipinski definition) is 0. The van der Waals surface area contributed by atoms with Gasteiger partial charge in [0, 0.05) is 5.92 Å². The highest BCUT2D eigenvalue weighted by molar-refractivity contribution is 5.62. The minimum atomic E-state index is 0.394. The van der Waals surface area contributed by atoms with Crippen LogP contribution in [0.1, 0.15) is 81.7 Å². The maximum atomic E-state index is 4.44. The summed E-state index contributed by atoms with van der Waals surface area (Å²) in [5.41, 5.74) is 14.6. The number of fused-ring (bicyclic) bond motifs is 1. The van der Waals surface area contributed by atoms with E-state index in [0.717, 1.165) is 25.7 Å². The van der Waals surface area contributed by atoms with E-state index in [1.165, 1.54) is 44.5 Å². The standard InChI is InChI=1S/C33H40/c1-8-24-15-16-30(26(10-3)18-24)33-31(21(4)5)22(6)17-29-20-28(23(7)32(29)33)19-27-14-12-11-13-25(27)9-2/h11-19,23,32-33H,4,8-10,20H2,1-3,5-7H3. The first kappa shape index (κ1) is 23.6. The van der Waals surface area contributed by atoms with E-state index in [1.807, 2.05) is 0 Å². The highest BCUT2D eigenvalue weighted by Gasteiger charge is 2.43. The molecule has 0 N–H and O–H groups in total. The van der Waals surface area contributed by atoms with E-state index in [0.29, 0.717) is 17.8 Å². The first-order valence-electron chi connectivity index (χ1n) is 12.9. The fourth-order valence-corrected chi connectivity index (χ4v) is 6.32. The molecule has 0 bridgehead atoms. The summed E-state index contributed by atoms with van der Waals surface area (Å²) in [6.07, 6.45) is 9.32. The Kier molecular flexibility index (Phi) is 6.94. The van der Waals surface area contributed by atoms with Crippen molar-refractivity contribution in [2.75, 3.05) is 0 Å². The Morgan fingerprint density at radius 3 is 2.39 bits per heavy atom. The van der Waals surface area contributed by atoms with Crippen molar-refractivity contribution in [3.05, 3.63) is 111 Å². The van der Waals surface area contributed by atoms with Crippen LogP contribution >= 0.6 is 0 Å². The second-order valence-electron chi connectivity index (χ2n) is 10.1. The van der Waals surface area contributed by atoms with Crippen molar-refractivity contribution in [1.82, 2.24) is 0 Å². The summed E-state index contributed by atoms with van der Waals surface area (Å²) in [5, 5.41) is 0. The van der Waals surface area contributed by atoms with Crippen molar-refractivity contribution >= 4 is 6.08 Å². The SMILES string of the molecule is C=C(C)C1=C(C)C=C2CC(=Cc3ccccc3CC)C(C)C2C1c1ccc(CC)cc1CC. The molecule has 1 saturated carbocycles. The van der Waals surface area contributed by atoms with Gasteiger partial charge in [0.1, 0.15) is 0 Å². The normalized spacial score (nSPS) is 23.6. The lowest BCUT2D eigenvalue weighted by molar-refractivity contribution is 0.448. The van der Waals surface area contributed by atoms with Crippen LogP contribution in [0, 0.1) is 11.8 Å². The van der Waals surface area contributed by atoms with Crippen molar-refractivity contribution in [2.45, 2.75) is 73.1 Å². The maximum absolute atomic E-state index is 4.44. The average Bonchev–Trinajstić information content (AvgIpc) is 3.12. The smallest absolute Gasteiger partial charge is 0.0168 e. The van der Waals surface area contributed by atoms with Gasteiger partial charge in [-0.1, -0.05) is 106 Å². The Morgan fingerprint density at radius 1 is 1.00 bits per heavy atom. The van der Waals surface area contributed by atoms with Crippen molar-refractivity contribution < 1.29 is 0 Å². The molecule has 0 aromatic heterocycles. The van der Waals surface area contributed by atoms with Gasteiger partial charge >= 0.3 is 0 Å². The molecule has 1 fully saturated rings. The third-order valence-electron chi connectivity index (χ3n) is 8.03. The van der Waals surface area contributed by atoms with Crippen LogP contribution in [0.3, 0.4) is 0 Å². The van der Waals surface area contributed by atoms with Crippen LogP contribution < -0.4 is 0 Å². The molecule has 0 saturated heterocycles. The molecule has 0 nitrogen and oxygen atoms in total. The Bertz CT molecular complexity index is 1150. The predicted molar refractivity (Wildman–Crippen MR) is 145 cm³/mol. The van der Waals surface area contributed by atoms with E-state index in [1.54, 1.807) is 11.1 Å². The Labute approximate surface area is 201 Å². The molecule has 0 aliphatic heterocycles. The molecule has 0 spiro atoms. The first-order chi connectivity index (χ1) is 15.9. The van der Waals surface area contributed by atoms with Gasteiger partial charge in [-0.05, 0) is 90.3 Å². The minimum Gasteiger partial charge on any atom is -0.0958 e. The fourth-order valence-electron chi connectivity index (χ4n) is 6.32. The quantitative estimate of drug-likeness (QED) is 0.424. The van der Waals surface area contributed by atoms with E-state index < -0.39 is 0 Å². The number of aryl methyl sites for hydroxylation is 3. The zero-order valence-corrected chi connectivity index (χ0v) is 21.5. The highest BCUT2D eigenvalue weighted by atomic mass is 14.5. The highest BCUT2D eigenvalue weighted by Crippen LogP contribution is 2.55. The van der Waals surface area contributed by atoms with Gasteiger partial charge in [0.15, 0.2) is 0 Å². The van der Waals surface area contributed by atoms with E-state index in [9.17, 15) is 0 Å². The number of allylic oxidation sites excluding steroid dienone is 6. The van der Waals surface area contributed by atoms with Crippen LogP contribution in [0.4, 0.5) is 0 Å². The summed E-state index contributed by atoms with van der Waals surface area (Å²) in [5.74, 6) is 1.42. The monoisotopic (exact) mass is 436 g/mol. The number of benzene rings is 2. The number of rotatable bonds is 6. The Balaban J connectivity index is 1.84. The molecule has 2 aliphatic rings. The number of hydrogen-bond acceptors (Lipinski definition) is 0. The van der Waals surface area contributed by atoms with E-state index in [4.69, 9.17) is 0 Å². The predicted octanol–water partition coefficient (Wildman–Crippen LogP) is 9.03. The van der Waals surface area contributed by atoms with Crippen molar-refractivity contribution in [3.63, 3.8) is 0 Å². The molecular weight excluding hydrogens is 396 g/mol. The third kappa shape index (κ3) is 4.33. The lowest BCUT2D eigenvalue weighted by Gasteiger charge is -2.36. The topological polar surface area (TPSA) is 0 Å². The third-order valence-corrected chi connectivity index (χ3v) is 8.03. The van der Waals surface area contributed by atoms with Gasteiger partial charge in [-0.3, -0.25) is 0 Å². The average molecular weight is 437 g/mol. The van der Waals surface area contributed by atoms with Crippen LogP contribution in [0.2, 0.25) is 0 Å². The maximum Gasteiger partial charge on any atom is 0.0168 e. The van der Waals surface area contributed by atoms with E-state index >= 15 is 0 Å². The van der Waals surface area contributed by atoms with Crippen LogP contribution in [0.15, 0.2) is 83.0 Å². The van der Waals surface area contributed by atoms with Gasteiger partial charge in [-0.2, -0.15) is 0 Å². The molecule has 0 heteroatoms. The molecule has 2 aliphatic carbocycles. The van der Waals surface area contributed by atoms with Crippen molar-refractivity contribution in [3.8, 4) is 0 Å². The molecule has 3 unspecified atom stereocenters. The van der Waals surface area contributed by atoms with Crippen molar-refractivity contribution in [1.29, 1.82) is 0 Å². The van der Waals surface area contributed by atoms with Gasteiger partial charge in [-0.15, -0.1) is 0 Å².